The Morgan fingerprint density at radius 1 is 1.00 bits per heavy atom. The summed E-state index contributed by atoms with van der Waals surface area (Å²) in [4.78, 5) is 4.14. The van der Waals surface area contributed by atoms with E-state index < -0.39 is 0 Å². The standard InChI is InChI=1S/C16H12FN3O/c17-14-4-2-1-3-13(14)16-19-15(21-20-16)10-7-11-5-8-12(18)9-6-11/h1-10H,18H2/b10-7+. The molecule has 0 fully saturated rings. The molecule has 1 aromatic heterocycles. The van der Waals surface area contributed by atoms with Gasteiger partial charge >= 0.3 is 0 Å². The lowest BCUT2D eigenvalue weighted by Gasteiger charge is -1.94. The molecule has 0 unspecified atom stereocenters. The molecule has 0 amide bonds. The Kier molecular flexibility index (Phi) is 3.47. The highest BCUT2D eigenvalue weighted by molar-refractivity contribution is 5.67. The Labute approximate surface area is 120 Å². The lowest BCUT2D eigenvalue weighted by Crippen LogP contribution is -1.85. The minimum absolute atomic E-state index is 0.227. The molecule has 21 heavy (non-hydrogen) atoms. The van der Waals surface area contributed by atoms with Gasteiger partial charge in [-0.25, -0.2) is 4.39 Å². The molecule has 0 atom stereocenters. The lowest BCUT2D eigenvalue weighted by molar-refractivity contribution is 0.411. The molecule has 1 heterocycles. The molecule has 3 aromatic rings. The largest absolute Gasteiger partial charge is 0.399 e. The van der Waals surface area contributed by atoms with Gasteiger partial charge in [-0.3, -0.25) is 0 Å². The van der Waals surface area contributed by atoms with E-state index in [0.717, 1.165) is 5.56 Å². The molecule has 0 aliphatic heterocycles. The smallest absolute Gasteiger partial charge is 0.250 e. The molecule has 2 aromatic carbocycles. The summed E-state index contributed by atoms with van der Waals surface area (Å²) < 4.78 is 18.7. The van der Waals surface area contributed by atoms with Crippen molar-refractivity contribution in [1.29, 1.82) is 0 Å². The van der Waals surface area contributed by atoms with Gasteiger partial charge in [-0.05, 0) is 35.9 Å². The van der Waals surface area contributed by atoms with Crippen LogP contribution in [-0.4, -0.2) is 10.1 Å². The normalized spacial score (nSPS) is 11.1. The molecule has 0 saturated heterocycles. The van der Waals surface area contributed by atoms with E-state index in [9.17, 15) is 4.39 Å². The number of benzene rings is 2. The summed E-state index contributed by atoms with van der Waals surface area (Å²) >= 11 is 0. The monoisotopic (exact) mass is 281 g/mol. The highest BCUT2D eigenvalue weighted by Gasteiger charge is 2.10. The summed E-state index contributed by atoms with van der Waals surface area (Å²) in [5, 5.41) is 3.78. The number of nitrogens with two attached hydrogens (primary N) is 1. The van der Waals surface area contributed by atoms with Crippen molar-refractivity contribution >= 4 is 17.8 Å². The van der Waals surface area contributed by atoms with E-state index in [1.807, 2.05) is 18.2 Å². The first kappa shape index (κ1) is 13.1. The maximum atomic E-state index is 13.6. The van der Waals surface area contributed by atoms with E-state index in [1.165, 1.54) is 6.07 Å². The van der Waals surface area contributed by atoms with Crippen molar-refractivity contribution in [2.75, 3.05) is 5.73 Å². The third kappa shape index (κ3) is 2.97. The molecule has 2 N–H and O–H groups in total. The van der Waals surface area contributed by atoms with Crippen molar-refractivity contribution in [3.63, 3.8) is 0 Å². The third-order valence-corrected chi connectivity index (χ3v) is 2.91. The number of hydrogen-bond acceptors (Lipinski definition) is 4. The Morgan fingerprint density at radius 3 is 2.52 bits per heavy atom. The van der Waals surface area contributed by atoms with Crippen LogP contribution in [-0.2, 0) is 0 Å². The fourth-order valence-corrected chi connectivity index (χ4v) is 1.83. The van der Waals surface area contributed by atoms with Crippen molar-refractivity contribution < 1.29 is 8.91 Å². The van der Waals surface area contributed by atoms with Crippen LogP contribution >= 0.6 is 0 Å². The SMILES string of the molecule is Nc1ccc(/C=C/c2nc(-c3ccccc3F)no2)cc1. The van der Waals surface area contributed by atoms with Gasteiger partial charge in [0.05, 0.1) is 5.56 Å². The fraction of sp³-hybridized carbons (Fsp3) is 0. The zero-order valence-electron chi connectivity index (χ0n) is 11.0. The van der Waals surface area contributed by atoms with Crippen molar-refractivity contribution in [3.8, 4) is 11.4 Å². The number of hydrogen-bond donors (Lipinski definition) is 1. The lowest BCUT2D eigenvalue weighted by atomic mass is 10.2. The first-order chi connectivity index (χ1) is 10.2. The van der Waals surface area contributed by atoms with Crippen LogP contribution in [0.15, 0.2) is 53.1 Å². The number of aromatic nitrogens is 2. The topological polar surface area (TPSA) is 64.9 Å². The molecule has 5 heteroatoms. The van der Waals surface area contributed by atoms with Crippen LogP contribution in [0, 0.1) is 5.82 Å². The van der Waals surface area contributed by atoms with E-state index in [-0.39, 0.29) is 11.6 Å². The van der Waals surface area contributed by atoms with E-state index in [2.05, 4.69) is 10.1 Å². The highest BCUT2D eigenvalue weighted by Crippen LogP contribution is 2.19. The van der Waals surface area contributed by atoms with E-state index >= 15 is 0 Å². The van der Waals surface area contributed by atoms with E-state index in [1.54, 1.807) is 36.4 Å². The third-order valence-electron chi connectivity index (χ3n) is 2.91. The fourth-order valence-electron chi connectivity index (χ4n) is 1.83. The average Bonchev–Trinajstić information content (AvgIpc) is 2.96. The highest BCUT2D eigenvalue weighted by atomic mass is 19.1. The number of halogens is 1. The predicted octanol–water partition coefficient (Wildman–Crippen LogP) is 3.63. The van der Waals surface area contributed by atoms with Gasteiger partial charge in [0.25, 0.3) is 5.89 Å². The molecule has 0 radical (unpaired) electrons. The summed E-state index contributed by atoms with van der Waals surface area (Å²) in [5.74, 6) is 0.155. The summed E-state index contributed by atoms with van der Waals surface area (Å²) in [6, 6.07) is 13.7. The number of nitrogens with zero attached hydrogens (tertiary/aromatic N) is 2. The van der Waals surface area contributed by atoms with Gasteiger partial charge in [-0.15, -0.1) is 0 Å². The van der Waals surface area contributed by atoms with Crippen molar-refractivity contribution in [2.24, 2.45) is 0 Å². The Balaban J connectivity index is 1.82. The van der Waals surface area contributed by atoms with Crippen LogP contribution in [0.25, 0.3) is 23.5 Å². The van der Waals surface area contributed by atoms with E-state index in [4.69, 9.17) is 10.3 Å². The van der Waals surface area contributed by atoms with Gasteiger partial charge in [0.2, 0.25) is 5.82 Å². The summed E-state index contributed by atoms with van der Waals surface area (Å²) in [7, 11) is 0. The minimum atomic E-state index is -0.382. The minimum Gasteiger partial charge on any atom is -0.399 e. The predicted molar refractivity (Wildman–Crippen MR) is 79.5 cm³/mol. The number of rotatable bonds is 3. The molecule has 0 aliphatic rings. The maximum absolute atomic E-state index is 13.6. The molecule has 0 bridgehead atoms. The molecular weight excluding hydrogens is 269 g/mol. The van der Waals surface area contributed by atoms with Gasteiger partial charge in [0, 0.05) is 11.8 Å². The average molecular weight is 281 g/mol. The van der Waals surface area contributed by atoms with Gasteiger partial charge < -0.3 is 10.3 Å². The molecule has 104 valence electrons. The number of anilines is 1. The van der Waals surface area contributed by atoms with E-state index in [0.29, 0.717) is 17.1 Å². The quantitative estimate of drug-likeness (QED) is 0.744. The van der Waals surface area contributed by atoms with Crippen LogP contribution < -0.4 is 5.73 Å². The Bertz CT molecular complexity index is 778. The number of nitrogen functional groups attached to an aromatic ring is 1. The van der Waals surface area contributed by atoms with Crippen molar-refractivity contribution in [3.05, 3.63) is 65.8 Å². The Hall–Kier alpha value is -2.95. The Morgan fingerprint density at radius 2 is 1.76 bits per heavy atom. The second-order valence-electron chi connectivity index (χ2n) is 4.44. The van der Waals surface area contributed by atoms with Crippen LogP contribution in [0.1, 0.15) is 11.5 Å². The zero-order chi connectivity index (χ0) is 14.7. The molecule has 0 saturated carbocycles. The molecule has 4 nitrogen and oxygen atoms in total. The van der Waals surface area contributed by atoms with Crippen LogP contribution in [0.4, 0.5) is 10.1 Å². The van der Waals surface area contributed by atoms with Gasteiger partial charge in [0.1, 0.15) is 5.82 Å². The van der Waals surface area contributed by atoms with Crippen LogP contribution in [0.5, 0.6) is 0 Å². The van der Waals surface area contributed by atoms with Crippen LogP contribution in [0.3, 0.4) is 0 Å². The second-order valence-corrected chi connectivity index (χ2v) is 4.44. The van der Waals surface area contributed by atoms with Gasteiger partial charge in [-0.1, -0.05) is 29.4 Å². The molecular formula is C16H12FN3O. The zero-order valence-corrected chi connectivity index (χ0v) is 11.0. The maximum Gasteiger partial charge on any atom is 0.250 e. The molecule has 3 rings (SSSR count). The van der Waals surface area contributed by atoms with Gasteiger partial charge in [-0.2, -0.15) is 4.98 Å². The molecule has 0 spiro atoms. The summed E-state index contributed by atoms with van der Waals surface area (Å²) in [6.07, 6.45) is 3.49. The van der Waals surface area contributed by atoms with Crippen molar-refractivity contribution in [1.82, 2.24) is 10.1 Å². The second kappa shape index (κ2) is 5.58. The van der Waals surface area contributed by atoms with Gasteiger partial charge in [0.15, 0.2) is 0 Å². The van der Waals surface area contributed by atoms with Crippen molar-refractivity contribution in [2.45, 2.75) is 0 Å². The summed E-state index contributed by atoms with van der Waals surface area (Å²) in [6.45, 7) is 0. The first-order valence-corrected chi connectivity index (χ1v) is 6.34. The first-order valence-electron chi connectivity index (χ1n) is 6.34. The molecule has 0 aliphatic carbocycles. The summed E-state index contributed by atoms with van der Waals surface area (Å²) in [5.41, 5.74) is 7.58. The van der Waals surface area contributed by atoms with Crippen LogP contribution in [0.2, 0.25) is 0 Å².